The van der Waals surface area contributed by atoms with E-state index in [9.17, 15) is 32.7 Å². The molecule has 0 aliphatic carbocycles. The van der Waals surface area contributed by atoms with Gasteiger partial charge in [-0.1, -0.05) is 18.2 Å². The van der Waals surface area contributed by atoms with Crippen molar-refractivity contribution in [2.24, 2.45) is 0 Å². The van der Waals surface area contributed by atoms with Crippen LogP contribution in [0.5, 0.6) is 0 Å². The number of carboxylic acids is 1. The third-order valence-corrected chi connectivity index (χ3v) is 6.26. The van der Waals surface area contributed by atoms with Gasteiger partial charge in [0.1, 0.15) is 16.8 Å². The topological polar surface area (TPSA) is 137 Å². The number of nitrogens with one attached hydrogen (secondary N) is 1. The molecule has 0 aliphatic rings. The van der Waals surface area contributed by atoms with Crippen LogP contribution in [0.3, 0.4) is 0 Å². The second-order valence-electron chi connectivity index (χ2n) is 9.25. The molecule has 5 aromatic rings. The molecule has 1 unspecified atom stereocenters. The van der Waals surface area contributed by atoms with Crippen molar-refractivity contribution in [2.75, 3.05) is 5.32 Å². The van der Waals surface area contributed by atoms with Crippen molar-refractivity contribution >= 4 is 39.5 Å². The van der Waals surface area contributed by atoms with Crippen LogP contribution < -0.4 is 10.7 Å². The SMILES string of the molecule is Cc1cc(C(C)Nc2ccccc2C(=O)O)c2oc(-c3nccc4cn(COC(=O)C(F)(F)F)nc34)cc(=O)c2c1. The molecule has 2 aromatic carbocycles. The molecule has 0 aliphatic heterocycles. The predicted octanol–water partition coefficient (Wildman–Crippen LogP) is 5.45. The Labute approximate surface area is 229 Å². The summed E-state index contributed by atoms with van der Waals surface area (Å²) in [5, 5.41) is 17.7. The third-order valence-electron chi connectivity index (χ3n) is 6.26. The van der Waals surface area contributed by atoms with Crippen molar-refractivity contribution in [3.8, 4) is 11.5 Å². The van der Waals surface area contributed by atoms with Gasteiger partial charge in [-0.2, -0.15) is 18.3 Å². The van der Waals surface area contributed by atoms with Crippen LogP contribution in [0.1, 0.15) is 34.5 Å². The number of hydrogen-bond donors (Lipinski definition) is 2. The zero-order valence-electron chi connectivity index (χ0n) is 21.5. The van der Waals surface area contributed by atoms with Gasteiger partial charge in [-0.3, -0.25) is 9.78 Å². The first-order chi connectivity index (χ1) is 19.4. The molecule has 10 nitrogen and oxygen atoms in total. The zero-order chi connectivity index (χ0) is 29.5. The summed E-state index contributed by atoms with van der Waals surface area (Å²) in [6.07, 6.45) is -2.37. The number of anilines is 1. The van der Waals surface area contributed by atoms with Gasteiger partial charge in [0.25, 0.3) is 0 Å². The second kappa shape index (κ2) is 10.4. The minimum absolute atomic E-state index is 0.0499. The highest BCUT2D eigenvalue weighted by Crippen LogP contribution is 2.32. The Morgan fingerprint density at radius 1 is 1.17 bits per heavy atom. The normalized spacial score (nSPS) is 12.4. The van der Waals surface area contributed by atoms with Gasteiger partial charge in [-0.25, -0.2) is 14.3 Å². The smallest absolute Gasteiger partial charge is 0.478 e. The molecule has 5 rings (SSSR count). The first-order valence-corrected chi connectivity index (χ1v) is 12.2. The summed E-state index contributed by atoms with van der Waals surface area (Å²) in [5.41, 5.74) is 2.02. The number of nitrogens with zero attached hydrogens (tertiary/aromatic N) is 3. The third kappa shape index (κ3) is 5.46. The molecular formula is C28H21F3N4O6. The molecule has 0 radical (unpaired) electrons. The van der Waals surface area contributed by atoms with Gasteiger partial charge < -0.3 is 19.6 Å². The van der Waals surface area contributed by atoms with E-state index in [-0.39, 0.29) is 33.5 Å². The van der Waals surface area contributed by atoms with E-state index in [4.69, 9.17) is 4.42 Å². The van der Waals surface area contributed by atoms with Crippen molar-refractivity contribution in [2.45, 2.75) is 32.8 Å². The maximum atomic E-state index is 13.2. The van der Waals surface area contributed by atoms with E-state index in [2.05, 4.69) is 20.1 Å². The van der Waals surface area contributed by atoms with Crippen molar-refractivity contribution in [3.63, 3.8) is 0 Å². The minimum atomic E-state index is -5.15. The number of rotatable bonds is 7. The molecule has 13 heteroatoms. The molecule has 0 saturated carbocycles. The Morgan fingerprint density at radius 2 is 1.93 bits per heavy atom. The average molecular weight is 566 g/mol. The Kier molecular flexibility index (Phi) is 6.95. The maximum Gasteiger partial charge on any atom is 0.490 e. The van der Waals surface area contributed by atoms with E-state index in [0.29, 0.717) is 22.0 Å². The molecule has 0 amide bonds. The van der Waals surface area contributed by atoms with Crippen LogP contribution in [0.2, 0.25) is 0 Å². The van der Waals surface area contributed by atoms with E-state index in [1.54, 1.807) is 37.3 Å². The molecule has 0 saturated heterocycles. The number of aryl methyl sites for hydroxylation is 1. The summed E-state index contributed by atoms with van der Waals surface area (Å²) in [6.45, 7) is 2.82. The molecule has 41 heavy (non-hydrogen) atoms. The van der Waals surface area contributed by atoms with Crippen LogP contribution in [0, 0.1) is 6.92 Å². The number of hydrogen-bond acceptors (Lipinski definition) is 8. The monoisotopic (exact) mass is 566 g/mol. The second-order valence-corrected chi connectivity index (χ2v) is 9.25. The number of carboxylic acid groups (broad SMARTS) is 1. The molecule has 3 heterocycles. The molecule has 3 aromatic heterocycles. The fourth-order valence-corrected chi connectivity index (χ4v) is 4.43. The number of pyridine rings is 1. The molecule has 210 valence electrons. The number of aromatic carboxylic acids is 1. The lowest BCUT2D eigenvalue weighted by molar-refractivity contribution is -0.203. The van der Waals surface area contributed by atoms with Gasteiger partial charge in [0.2, 0.25) is 0 Å². The van der Waals surface area contributed by atoms with Crippen LogP contribution >= 0.6 is 0 Å². The number of benzene rings is 2. The van der Waals surface area contributed by atoms with Gasteiger partial charge in [0.05, 0.1) is 17.0 Å². The quantitative estimate of drug-likeness (QED) is 0.247. The summed E-state index contributed by atoms with van der Waals surface area (Å²) in [4.78, 5) is 40.3. The lowest BCUT2D eigenvalue weighted by atomic mass is 10.0. The van der Waals surface area contributed by atoms with Gasteiger partial charge in [0.15, 0.2) is 17.9 Å². The fraction of sp³-hybridized carbons (Fsp3) is 0.179. The standard InChI is InChI=1S/C28H21F3N4O6/c1-14-9-18(15(2)33-20-6-4-3-5-17(20)26(37)38)25-19(10-14)21(36)11-22(41-25)24-23-16(7-8-32-24)12-35(34-23)13-40-27(39)28(29,30)31/h3-12,15,33H,13H2,1-2H3,(H,37,38). The highest BCUT2D eigenvalue weighted by atomic mass is 19.4. The summed E-state index contributed by atoms with van der Waals surface area (Å²) in [5.74, 6) is -3.41. The Bertz CT molecular complexity index is 1880. The number of fused-ring (bicyclic) bond motifs is 2. The maximum absolute atomic E-state index is 13.2. The predicted molar refractivity (Wildman–Crippen MR) is 141 cm³/mol. The molecule has 0 spiro atoms. The molecular weight excluding hydrogens is 545 g/mol. The summed E-state index contributed by atoms with van der Waals surface area (Å²) < 4.78 is 49.0. The zero-order valence-corrected chi connectivity index (χ0v) is 21.5. The number of carbonyl (C=O) groups excluding carboxylic acids is 1. The number of alkyl halides is 3. The largest absolute Gasteiger partial charge is 0.490 e. The van der Waals surface area contributed by atoms with Crippen molar-refractivity contribution in [1.29, 1.82) is 0 Å². The lowest BCUT2D eigenvalue weighted by Crippen LogP contribution is -2.26. The Hall–Kier alpha value is -5.20. The van der Waals surface area contributed by atoms with Crippen LogP contribution in [-0.2, 0) is 16.3 Å². The van der Waals surface area contributed by atoms with Crippen LogP contribution in [0.15, 0.2) is 70.1 Å². The number of carbonyl (C=O) groups is 2. The highest BCUT2D eigenvalue weighted by molar-refractivity contribution is 5.94. The first-order valence-electron chi connectivity index (χ1n) is 12.2. The van der Waals surface area contributed by atoms with Gasteiger partial charge in [0, 0.05) is 35.1 Å². The minimum Gasteiger partial charge on any atom is -0.478 e. The van der Waals surface area contributed by atoms with Crippen molar-refractivity contribution in [1.82, 2.24) is 14.8 Å². The molecule has 0 fully saturated rings. The Balaban J connectivity index is 1.57. The van der Waals surface area contributed by atoms with Gasteiger partial charge in [-0.15, -0.1) is 0 Å². The van der Waals surface area contributed by atoms with Gasteiger partial charge >= 0.3 is 18.1 Å². The van der Waals surface area contributed by atoms with E-state index in [0.717, 1.165) is 10.2 Å². The van der Waals surface area contributed by atoms with Crippen molar-refractivity contribution in [3.05, 3.63) is 87.8 Å². The van der Waals surface area contributed by atoms with E-state index in [1.165, 1.54) is 24.5 Å². The van der Waals surface area contributed by atoms with Gasteiger partial charge in [-0.05, 0) is 43.7 Å². The number of aromatic nitrogens is 3. The number of halogens is 3. The van der Waals surface area contributed by atoms with Crippen LogP contribution in [0.4, 0.5) is 18.9 Å². The number of ether oxygens (including phenoxy) is 1. The van der Waals surface area contributed by atoms with E-state index < -0.39 is 30.9 Å². The van der Waals surface area contributed by atoms with Crippen molar-refractivity contribution < 1.29 is 37.0 Å². The van der Waals surface area contributed by atoms with E-state index >= 15 is 0 Å². The average Bonchev–Trinajstić information content (AvgIpc) is 3.34. The fourth-order valence-electron chi connectivity index (χ4n) is 4.43. The van der Waals surface area contributed by atoms with Crippen LogP contribution in [0.25, 0.3) is 33.3 Å². The number of esters is 1. The highest BCUT2D eigenvalue weighted by Gasteiger charge is 2.41. The first kappa shape index (κ1) is 27.4. The lowest BCUT2D eigenvalue weighted by Gasteiger charge is -2.19. The molecule has 2 N–H and O–H groups in total. The molecule has 1 atom stereocenters. The summed E-state index contributed by atoms with van der Waals surface area (Å²) in [7, 11) is 0. The summed E-state index contributed by atoms with van der Waals surface area (Å²) in [6, 6.07) is 12.2. The molecule has 0 bridgehead atoms. The Morgan fingerprint density at radius 3 is 2.66 bits per heavy atom. The summed E-state index contributed by atoms with van der Waals surface area (Å²) >= 11 is 0. The number of para-hydroxylation sites is 1. The van der Waals surface area contributed by atoms with E-state index in [1.807, 2.05) is 13.0 Å². The van der Waals surface area contributed by atoms with Crippen LogP contribution in [-0.4, -0.2) is 38.0 Å².